The molecule has 10 unspecified atom stereocenters. The first kappa shape index (κ1) is 52.6. The van der Waals surface area contributed by atoms with Crippen LogP contribution in [0.1, 0.15) is 27.2 Å². The molecule has 62 heavy (non-hydrogen) atoms. The van der Waals surface area contributed by atoms with E-state index in [-0.39, 0.29) is 5.48 Å². The highest BCUT2D eigenvalue weighted by Gasteiger charge is 2.55. The molecule has 0 aromatic rings. The van der Waals surface area contributed by atoms with Crippen molar-refractivity contribution < 1.29 is 124 Å². The third-order valence-electron chi connectivity index (χ3n) is 11.3. The van der Waals surface area contributed by atoms with Crippen LogP contribution in [0, 0.1) is 0 Å². The fourth-order valence-corrected chi connectivity index (χ4v) is 7.98. The third-order valence-corrected chi connectivity index (χ3v) is 11.3. The molecule has 0 aromatic heterocycles. The Labute approximate surface area is 353 Å². The summed E-state index contributed by atoms with van der Waals surface area (Å²) >= 11 is 0. The van der Waals surface area contributed by atoms with Gasteiger partial charge in [0.1, 0.15) is 104 Å². The summed E-state index contributed by atoms with van der Waals surface area (Å²) in [7, 11) is 0. The van der Waals surface area contributed by atoms with E-state index in [9.17, 15) is 76.0 Å². The number of aliphatic hydroxyl groups excluding tert-OH is 13. The Morgan fingerprint density at radius 2 is 1.02 bits per heavy atom. The second-order valence-corrected chi connectivity index (χ2v) is 15.7. The fourth-order valence-electron chi connectivity index (χ4n) is 7.98. The molecule has 5 heterocycles. The molecule has 27 heteroatoms. The lowest BCUT2D eigenvalue weighted by Gasteiger charge is -2.50. The predicted octanol–water partition coefficient (Wildman–Crippen LogP) is -10.4. The van der Waals surface area contributed by atoms with Gasteiger partial charge in [0.15, 0.2) is 25.2 Å². The molecule has 0 spiro atoms. The molecule has 0 bridgehead atoms. The first-order valence-corrected chi connectivity index (χ1v) is 19.8. The van der Waals surface area contributed by atoms with Gasteiger partial charge in [-0.3, -0.25) is 9.59 Å². The highest BCUT2D eigenvalue weighted by molar-refractivity contribution is 5.73. The number of rotatable bonds is 15. The molecule has 5 saturated heterocycles. The SMILES string of the molecule is CC(=O)NC1[C@H](O[C@@H]2C(CO)O[C@@H](C)C(NC(C)=O)[C@H]2O)OC(CO)[C@@H](O[C@@H]2OC(CO[C@H]3OC(CO)[C@@H](O)[C@H](O)C3O)[C@@H](O)[C@H](O[C@@H]3CC(O)[C@H](O)C(CO)O3)C2O)[C@@H]1O.O. The lowest BCUT2D eigenvalue weighted by atomic mass is 9.92. The number of hydrogen-bond donors (Lipinski definition) is 15. The Balaban J connectivity index is 0.00000845. The Kier molecular flexibility index (Phi) is 19.5. The molecule has 5 aliphatic rings. The van der Waals surface area contributed by atoms with E-state index in [2.05, 4.69) is 10.6 Å². The molecular weight excluding hydrogens is 848 g/mol. The molecular formula is C35H62N2O25. The van der Waals surface area contributed by atoms with Crippen molar-refractivity contribution in [2.45, 2.75) is 174 Å². The van der Waals surface area contributed by atoms with Crippen LogP contribution in [0.3, 0.4) is 0 Å². The van der Waals surface area contributed by atoms with Gasteiger partial charge in [-0.2, -0.15) is 0 Å². The van der Waals surface area contributed by atoms with Gasteiger partial charge in [0, 0.05) is 20.3 Å². The lowest BCUT2D eigenvalue weighted by Crippen LogP contribution is -2.70. The van der Waals surface area contributed by atoms with E-state index in [0.29, 0.717) is 0 Å². The fraction of sp³-hybridized carbons (Fsp3) is 0.943. The van der Waals surface area contributed by atoms with Crippen molar-refractivity contribution in [3.63, 3.8) is 0 Å². The average Bonchev–Trinajstić information content (AvgIpc) is 3.22. The van der Waals surface area contributed by atoms with Crippen molar-refractivity contribution in [1.29, 1.82) is 0 Å². The summed E-state index contributed by atoms with van der Waals surface area (Å²) in [5, 5.41) is 143. The third kappa shape index (κ3) is 11.7. The van der Waals surface area contributed by atoms with E-state index < -0.39 is 198 Å². The number of ether oxygens (including phenoxy) is 9. The van der Waals surface area contributed by atoms with Crippen LogP contribution in [0.5, 0.6) is 0 Å². The van der Waals surface area contributed by atoms with Crippen LogP contribution in [-0.2, 0) is 52.2 Å². The number of amides is 2. The lowest BCUT2D eigenvalue weighted by molar-refractivity contribution is -0.376. The van der Waals surface area contributed by atoms with E-state index >= 15 is 0 Å². The zero-order valence-electron chi connectivity index (χ0n) is 33.9. The molecule has 0 aliphatic carbocycles. The molecule has 5 aliphatic heterocycles. The first-order chi connectivity index (χ1) is 28.8. The number of carbonyl (C=O) groups excluding carboxylic acids is 2. The molecule has 0 saturated carbocycles. The highest BCUT2D eigenvalue weighted by atomic mass is 16.8. The zero-order valence-corrected chi connectivity index (χ0v) is 33.9. The normalized spacial score (nSPS) is 47.5. The van der Waals surface area contributed by atoms with Gasteiger partial charge >= 0.3 is 0 Å². The van der Waals surface area contributed by atoms with Crippen LogP contribution in [0.15, 0.2) is 0 Å². The Morgan fingerprint density at radius 3 is 1.60 bits per heavy atom. The van der Waals surface area contributed by atoms with Crippen molar-refractivity contribution in [2.24, 2.45) is 0 Å². The second-order valence-electron chi connectivity index (χ2n) is 15.7. The minimum atomic E-state index is -2.04. The van der Waals surface area contributed by atoms with Gasteiger partial charge in [-0.15, -0.1) is 0 Å². The van der Waals surface area contributed by atoms with E-state index in [1.54, 1.807) is 0 Å². The van der Waals surface area contributed by atoms with Crippen LogP contribution < -0.4 is 10.6 Å². The Morgan fingerprint density at radius 1 is 0.516 bits per heavy atom. The summed E-state index contributed by atoms with van der Waals surface area (Å²) < 4.78 is 52.0. The van der Waals surface area contributed by atoms with Crippen LogP contribution in [0.25, 0.3) is 0 Å². The zero-order chi connectivity index (χ0) is 45.0. The molecule has 27 nitrogen and oxygen atoms in total. The van der Waals surface area contributed by atoms with E-state index in [0.717, 1.165) is 6.92 Å². The summed E-state index contributed by atoms with van der Waals surface area (Å²) in [6.45, 7) is -0.0939. The van der Waals surface area contributed by atoms with Crippen molar-refractivity contribution in [3.05, 3.63) is 0 Å². The number of carbonyl (C=O) groups is 2. The summed E-state index contributed by atoms with van der Waals surface area (Å²) in [4.78, 5) is 24.4. The average molecular weight is 911 g/mol. The van der Waals surface area contributed by atoms with Crippen molar-refractivity contribution in [3.8, 4) is 0 Å². The molecule has 2 amide bonds. The van der Waals surface area contributed by atoms with Gasteiger partial charge in [0.05, 0.1) is 51.3 Å². The van der Waals surface area contributed by atoms with Crippen LogP contribution >= 0.6 is 0 Å². The van der Waals surface area contributed by atoms with Gasteiger partial charge in [0.2, 0.25) is 11.8 Å². The molecule has 5 rings (SSSR count). The van der Waals surface area contributed by atoms with Gasteiger partial charge in [-0.25, -0.2) is 0 Å². The molecule has 24 atom stereocenters. The number of aliphatic hydroxyl groups is 13. The van der Waals surface area contributed by atoms with Crippen LogP contribution in [0.2, 0.25) is 0 Å². The van der Waals surface area contributed by atoms with Gasteiger partial charge in [-0.05, 0) is 6.92 Å². The van der Waals surface area contributed by atoms with Crippen molar-refractivity contribution in [2.75, 3.05) is 33.0 Å². The maximum absolute atomic E-state index is 12.5. The Bertz CT molecular complexity index is 1410. The van der Waals surface area contributed by atoms with E-state index in [4.69, 9.17) is 42.6 Å². The predicted molar refractivity (Wildman–Crippen MR) is 195 cm³/mol. The summed E-state index contributed by atoms with van der Waals surface area (Å²) in [6, 6.07) is -2.63. The summed E-state index contributed by atoms with van der Waals surface area (Å²) in [5.41, 5.74) is 0. The topological polar surface area (TPSA) is 436 Å². The molecule has 0 radical (unpaired) electrons. The first-order valence-electron chi connectivity index (χ1n) is 19.8. The highest BCUT2D eigenvalue weighted by Crippen LogP contribution is 2.35. The monoisotopic (exact) mass is 910 g/mol. The Hall–Kier alpha value is -1.98. The molecule has 362 valence electrons. The van der Waals surface area contributed by atoms with Crippen molar-refractivity contribution in [1.82, 2.24) is 10.6 Å². The molecule has 5 fully saturated rings. The minimum Gasteiger partial charge on any atom is -0.412 e. The standard InChI is InChI=1S/C35H60N2O24.H2O/c1-10-20(36-11(2)42)25(48)30(16(7-40)54-10)60-33-21(37-12(3)43)26(49)31(17(8-41)57-33)61-35-29(52)32(59-19-4-13(44)22(45)14(5-38)55-19)24(47)18(58-35)9-53-34-28(51)27(50)23(46)15(6-39)56-34;/h10,13-35,38-41,44-52H,4-9H2,1-3H3,(H,36,42)(H,37,43);1H2/t10-,13?,14?,15?,16?,17?,18?,19+,20?,21?,22-,23+,24+,25+,26+,27-,28?,29?,30+,31+,32-,33-,34-,35-;/m0./s1. The van der Waals surface area contributed by atoms with E-state index in [1.807, 2.05) is 0 Å². The number of nitrogens with one attached hydrogen (secondary N) is 2. The van der Waals surface area contributed by atoms with Gasteiger partial charge < -0.3 is 125 Å². The largest absolute Gasteiger partial charge is 0.412 e. The van der Waals surface area contributed by atoms with E-state index in [1.165, 1.54) is 13.8 Å². The van der Waals surface area contributed by atoms with Crippen LogP contribution in [0.4, 0.5) is 0 Å². The second kappa shape index (κ2) is 23.0. The van der Waals surface area contributed by atoms with Gasteiger partial charge in [0.25, 0.3) is 0 Å². The number of hydrogen-bond acceptors (Lipinski definition) is 24. The quantitative estimate of drug-likeness (QED) is 0.0725. The van der Waals surface area contributed by atoms with Gasteiger partial charge in [-0.1, -0.05) is 0 Å². The summed E-state index contributed by atoms with van der Waals surface area (Å²) in [6.07, 6.45) is -36.1. The smallest absolute Gasteiger partial charge is 0.217 e. The van der Waals surface area contributed by atoms with Crippen LogP contribution in [-0.4, -0.2) is 264 Å². The molecule has 0 aromatic carbocycles. The maximum atomic E-state index is 12.5. The summed E-state index contributed by atoms with van der Waals surface area (Å²) in [5.74, 6) is -1.25. The maximum Gasteiger partial charge on any atom is 0.217 e. The molecule has 17 N–H and O–H groups in total. The minimum absolute atomic E-state index is 0. The van der Waals surface area contributed by atoms with Crippen molar-refractivity contribution >= 4 is 11.8 Å².